The van der Waals surface area contributed by atoms with Crippen molar-refractivity contribution in [1.82, 2.24) is 4.90 Å². The van der Waals surface area contributed by atoms with Crippen molar-refractivity contribution in [1.29, 1.82) is 0 Å². The summed E-state index contributed by atoms with van der Waals surface area (Å²) in [5.74, 6) is -0.774. The maximum atomic E-state index is 12.7. The molecule has 1 saturated heterocycles. The van der Waals surface area contributed by atoms with E-state index in [1.54, 1.807) is 42.5 Å². The molecule has 0 radical (unpaired) electrons. The first-order valence-corrected chi connectivity index (χ1v) is 10.3. The Hall–Kier alpha value is -1.89. The van der Waals surface area contributed by atoms with E-state index in [1.165, 1.54) is 6.07 Å². The summed E-state index contributed by atoms with van der Waals surface area (Å²) in [6.45, 7) is 1.43. The second-order valence-electron chi connectivity index (χ2n) is 6.36. The van der Waals surface area contributed by atoms with Crippen LogP contribution in [0.5, 0.6) is 0 Å². The quantitative estimate of drug-likeness (QED) is 0.815. The highest BCUT2D eigenvalue weighted by Crippen LogP contribution is 2.27. The van der Waals surface area contributed by atoms with Gasteiger partial charge in [-0.2, -0.15) is 0 Å². The van der Waals surface area contributed by atoms with Gasteiger partial charge in [0.2, 0.25) is 9.84 Å². The summed E-state index contributed by atoms with van der Waals surface area (Å²) in [4.78, 5) is 13.5. The van der Waals surface area contributed by atoms with Crippen molar-refractivity contribution in [2.75, 3.05) is 13.1 Å². The van der Waals surface area contributed by atoms with Gasteiger partial charge in [0.05, 0.1) is 14.8 Å². The van der Waals surface area contributed by atoms with Gasteiger partial charge in [0, 0.05) is 6.54 Å². The molecule has 138 valence electrons. The molecule has 0 amide bonds. The molecule has 3 rings (SSSR count). The molecule has 0 bridgehead atoms. The van der Waals surface area contributed by atoms with E-state index in [2.05, 4.69) is 0 Å². The van der Waals surface area contributed by atoms with E-state index in [0.717, 1.165) is 18.5 Å². The molecule has 7 heteroatoms. The molecule has 1 aliphatic heterocycles. The molecule has 1 heterocycles. The number of hydrogen-bond donors (Lipinski definition) is 1. The number of hydrogen-bond acceptors (Lipinski definition) is 4. The van der Waals surface area contributed by atoms with E-state index < -0.39 is 21.8 Å². The van der Waals surface area contributed by atoms with Gasteiger partial charge < -0.3 is 5.11 Å². The number of carboxylic acids is 1. The van der Waals surface area contributed by atoms with Gasteiger partial charge in [-0.05, 0) is 55.6 Å². The maximum absolute atomic E-state index is 12.7. The highest BCUT2D eigenvalue weighted by atomic mass is 35.5. The topological polar surface area (TPSA) is 74.7 Å². The Morgan fingerprint density at radius 1 is 1.15 bits per heavy atom. The average Bonchev–Trinajstić information content (AvgIpc) is 3.09. The van der Waals surface area contributed by atoms with Gasteiger partial charge in [-0.1, -0.05) is 35.9 Å². The number of carbonyl (C=O) groups is 1. The van der Waals surface area contributed by atoms with E-state index in [9.17, 15) is 18.3 Å². The van der Waals surface area contributed by atoms with Crippen LogP contribution in [0.1, 0.15) is 18.4 Å². The third kappa shape index (κ3) is 3.92. The summed E-state index contributed by atoms with van der Waals surface area (Å²) in [5, 5.41) is 9.42. The molecule has 5 nitrogen and oxygen atoms in total. The Morgan fingerprint density at radius 2 is 1.85 bits per heavy atom. The van der Waals surface area contributed by atoms with Crippen LogP contribution >= 0.6 is 11.6 Å². The second-order valence-corrected chi connectivity index (χ2v) is 8.69. The van der Waals surface area contributed by atoms with Crippen LogP contribution in [0.3, 0.4) is 0 Å². The van der Waals surface area contributed by atoms with E-state index in [-0.39, 0.29) is 14.8 Å². The van der Waals surface area contributed by atoms with Gasteiger partial charge in [-0.3, -0.25) is 9.69 Å². The Bertz CT molecular complexity index is 896. The van der Waals surface area contributed by atoms with Crippen LogP contribution in [0.25, 0.3) is 0 Å². The highest BCUT2D eigenvalue weighted by Gasteiger charge is 2.29. The van der Waals surface area contributed by atoms with Crippen molar-refractivity contribution in [2.45, 2.75) is 35.1 Å². The smallest absolute Gasteiger partial charge is 0.320 e. The summed E-state index contributed by atoms with van der Waals surface area (Å²) >= 11 is 6.02. The molecule has 1 fully saturated rings. The summed E-state index contributed by atoms with van der Waals surface area (Å²) < 4.78 is 25.4. The lowest BCUT2D eigenvalue weighted by Crippen LogP contribution is -2.37. The van der Waals surface area contributed by atoms with Crippen LogP contribution in [0.15, 0.2) is 58.3 Å². The summed E-state index contributed by atoms with van der Waals surface area (Å²) in [7, 11) is -3.66. The number of rotatable bonds is 6. The van der Waals surface area contributed by atoms with Gasteiger partial charge in [-0.25, -0.2) is 8.42 Å². The largest absolute Gasteiger partial charge is 0.480 e. The number of aliphatic carboxylic acids is 1. The Kier molecular flexibility index (Phi) is 5.65. The minimum atomic E-state index is -3.66. The van der Waals surface area contributed by atoms with E-state index in [0.29, 0.717) is 19.4 Å². The lowest BCUT2D eigenvalue weighted by molar-refractivity contribution is -0.142. The standard InChI is InChI=1S/C19H20ClNO4S/c20-16-4-1-2-6-18(16)26(24,25)15-9-7-14(8-10-15)11-13-21-12-3-5-17(21)19(22)23/h1-2,4,6-10,17H,3,5,11-13H2,(H,22,23). The van der Waals surface area contributed by atoms with Crippen LogP contribution in [0, 0.1) is 0 Å². The van der Waals surface area contributed by atoms with Crippen LogP contribution in [-0.2, 0) is 21.1 Å². The predicted molar refractivity (Wildman–Crippen MR) is 99.3 cm³/mol. The maximum Gasteiger partial charge on any atom is 0.320 e. The van der Waals surface area contributed by atoms with Crippen LogP contribution < -0.4 is 0 Å². The molecular formula is C19H20ClNO4S. The van der Waals surface area contributed by atoms with Gasteiger partial charge in [-0.15, -0.1) is 0 Å². The highest BCUT2D eigenvalue weighted by molar-refractivity contribution is 7.91. The first-order valence-electron chi connectivity index (χ1n) is 8.45. The molecule has 26 heavy (non-hydrogen) atoms. The summed E-state index contributed by atoms with van der Waals surface area (Å²) in [5.41, 5.74) is 0.971. The molecule has 2 aromatic rings. The Labute approximate surface area is 158 Å². The number of likely N-dealkylation sites (tertiary alicyclic amines) is 1. The van der Waals surface area contributed by atoms with E-state index in [1.807, 2.05) is 4.90 Å². The van der Waals surface area contributed by atoms with Crippen molar-refractivity contribution >= 4 is 27.4 Å². The van der Waals surface area contributed by atoms with Crippen LogP contribution in [0.2, 0.25) is 5.02 Å². The fourth-order valence-corrected chi connectivity index (χ4v) is 5.04. The predicted octanol–water partition coefficient (Wildman–Crippen LogP) is 3.26. The number of benzene rings is 2. The number of sulfone groups is 1. The molecular weight excluding hydrogens is 374 g/mol. The Balaban J connectivity index is 1.71. The van der Waals surface area contributed by atoms with Crippen molar-refractivity contribution < 1.29 is 18.3 Å². The monoisotopic (exact) mass is 393 g/mol. The third-order valence-corrected chi connectivity index (χ3v) is 6.97. The molecule has 2 aromatic carbocycles. The summed E-state index contributed by atoms with van der Waals surface area (Å²) in [6, 6.07) is 12.7. The number of halogens is 1. The fraction of sp³-hybridized carbons (Fsp3) is 0.316. The van der Waals surface area contributed by atoms with E-state index in [4.69, 9.17) is 11.6 Å². The molecule has 1 atom stereocenters. The van der Waals surface area contributed by atoms with Crippen LogP contribution in [0.4, 0.5) is 0 Å². The second kappa shape index (κ2) is 7.78. The molecule has 0 spiro atoms. The normalized spacial score (nSPS) is 18.1. The molecule has 1 aliphatic rings. The molecule has 1 unspecified atom stereocenters. The zero-order valence-electron chi connectivity index (χ0n) is 14.1. The average molecular weight is 394 g/mol. The molecule has 0 saturated carbocycles. The zero-order chi connectivity index (χ0) is 18.7. The lowest BCUT2D eigenvalue weighted by atomic mass is 10.1. The van der Waals surface area contributed by atoms with Crippen molar-refractivity contribution in [3.8, 4) is 0 Å². The van der Waals surface area contributed by atoms with Crippen molar-refractivity contribution in [2.24, 2.45) is 0 Å². The zero-order valence-corrected chi connectivity index (χ0v) is 15.7. The third-order valence-electron chi connectivity index (χ3n) is 4.70. The van der Waals surface area contributed by atoms with Crippen molar-refractivity contribution in [3.63, 3.8) is 0 Å². The van der Waals surface area contributed by atoms with Gasteiger partial charge >= 0.3 is 5.97 Å². The molecule has 1 N–H and O–H groups in total. The van der Waals surface area contributed by atoms with Gasteiger partial charge in [0.25, 0.3) is 0 Å². The van der Waals surface area contributed by atoms with Crippen molar-refractivity contribution in [3.05, 3.63) is 59.1 Å². The van der Waals surface area contributed by atoms with Gasteiger partial charge in [0.15, 0.2) is 0 Å². The minimum absolute atomic E-state index is 0.0933. The summed E-state index contributed by atoms with van der Waals surface area (Å²) in [6.07, 6.45) is 2.26. The van der Waals surface area contributed by atoms with E-state index >= 15 is 0 Å². The first kappa shape index (κ1) is 18.9. The van der Waals surface area contributed by atoms with Gasteiger partial charge in [0.1, 0.15) is 6.04 Å². The fourth-order valence-electron chi connectivity index (χ4n) is 3.27. The number of carboxylic acid groups (broad SMARTS) is 1. The first-order chi connectivity index (χ1) is 12.4. The minimum Gasteiger partial charge on any atom is -0.480 e. The SMILES string of the molecule is O=C(O)C1CCCN1CCc1ccc(S(=O)(=O)c2ccccc2Cl)cc1. The molecule has 0 aromatic heterocycles. The Morgan fingerprint density at radius 3 is 2.50 bits per heavy atom. The number of nitrogens with zero attached hydrogens (tertiary/aromatic N) is 1. The molecule has 0 aliphatic carbocycles. The van der Waals surface area contributed by atoms with Crippen LogP contribution in [-0.4, -0.2) is 43.5 Å². The lowest BCUT2D eigenvalue weighted by Gasteiger charge is -2.20.